The van der Waals surface area contributed by atoms with Crippen molar-refractivity contribution in [1.82, 2.24) is 9.78 Å². The molecule has 0 aliphatic carbocycles. The molecule has 1 aromatic carbocycles. The zero-order valence-electron chi connectivity index (χ0n) is 13.1. The third kappa shape index (κ3) is 4.33. The number of hydrogen-bond acceptors (Lipinski definition) is 4. The molecule has 2 rings (SSSR count). The SMILES string of the molecule is CCn1ccc(NC(=O)c2cccc(O[C@@H](C)COC)c2)n1. The molecule has 0 fully saturated rings. The van der Waals surface area contributed by atoms with Gasteiger partial charge in [-0.25, -0.2) is 0 Å². The van der Waals surface area contributed by atoms with E-state index >= 15 is 0 Å². The van der Waals surface area contributed by atoms with E-state index in [1.54, 1.807) is 36.1 Å². The van der Waals surface area contributed by atoms with Crippen LogP contribution in [0.4, 0.5) is 5.82 Å². The average molecular weight is 303 g/mol. The number of nitrogens with one attached hydrogen (secondary N) is 1. The van der Waals surface area contributed by atoms with Crippen LogP contribution in [0.3, 0.4) is 0 Å². The fourth-order valence-electron chi connectivity index (χ4n) is 2.00. The number of hydrogen-bond donors (Lipinski definition) is 1. The van der Waals surface area contributed by atoms with E-state index < -0.39 is 0 Å². The summed E-state index contributed by atoms with van der Waals surface area (Å²) >= 11 is 0. The highest BCUT2D eigenvalue weighted by Crippen LogP contribution is 2.16. The first-order valence-corrected chi connectivity index (χ1v) is 7.22. The summed E-state index contributed by atoms with van der Waals surface area (Å²) in [6.07, 6.45) is 1.74. The van der Waals surface area contributed by atoms with Crippen LogP contribution in [0.15, 0.2) is 36.5 Å². The van der Waals surface area contributed by atoms with Gasteiger partial charge >= 0.3 is 0 Å². The molecule has 1 aromatic heterocycles. The molecular formula is C16H21N3O3. The molecule has 6 nitrogen and oxygen atoms in total. The number of anilines is 1. The second-order valence-electron chi connectivity index (χ2n) is 4.92. The summed E-state index contributed by atoms with van der Waals surface area (Å²) in [5.41, 5.74) is 0.521. The van der Waals surface area contributed by atoms with Crippen LogP contribution in [-0.2, 0) is 11.3 Å². The topological polar surface area (TPSA) is 65.4 Å². The van der Waals surface area contributed by atoms with Gasteiger partial charge in [-0.1, -0.05) is 6.07 Å². The molecule has 1 atom stereocenters. The molecule has 1 heterocycles. The lowest BCUT2D eigenvalue weighted by molar-refractivity contribution is 0.0917. The predicted octanol–water partition coefficient (Wildman–Crippen LogP) is 2.57. The van der Waals surface area contributed by atoms with Gasteiger partial charge in [0, 0.05) is 31.5 Å². The van der Waals surface area contributed by atoms with Crippen LogP contribution >= 0.6 is 0 Å². The van der Waals surface area contributed by atoms with Crippen LogP contribution in [0.2, 0.25) is 0 Å². The van der Waals surface area contributed by atoms with Gasteiger partial charge in [-0.2, -0.15) is 5.10 Å². The van der Waals surface area contributed by atoms with Gasteiger partial charge in [0.2, 0.25) is 0 Å². The molecule has 6 heteroatoms. The maximum atomic E-state index is 12.2. The summed E-state index contributed by atoms with van der Waals surface area (Å²) in [4.78, 5) is 12.2. The third-order valence-corrected chi connectivity index (χ3v) is 3.04. The quantitative estimate of drug-likeness (QED) is 0.854. The highest BCUT2D eigenvalue weighted by atomic mass is 16.5. The maximum absolute atomic E-state index is 12.2. The lowest BCUT2D eigenvalue weighted by Gasteiger charge is -2.14. The van der Waals surface area contributed by atoms with Crippen molar-refractivity contribution in [3.63, 3.8) is 0 Å². The van der Waals surface area contributed by atoms with E-state index in [1.165, 1.54) is 0 Å². The van der Waals surface area contributed by atoms with Crippen molar-refractivity contribution in [3.05, 3.63) is 42.1 Å². The zero-order valence-corrected chi connectivity index (χ0v) is 13.1. The van der Waals surface area contributed by atoms with Gasteiger partial charge in [0.05, 0.1) is 6.61 Å². The summed E-state index contributed by atoms with van der Waals surface area (Å²) in [6.45, 7) is 5.15. The molecular weight excluding hydrogens is 282 g/mol. The number of carbonyl (C=O) groups excluding carboxylic acids is 1. The Balaban J connectivity index is 2.03. The number of ether oxygens (including phenoxy) is 2. The van der Waals surface area contributed by atoms with Crippen LogP contribution in [0, 0.1) is 0 Å². The van der Waals surface area contributed by atoms with Crippen molar-refractivity contribution in [2.45, 2.75) is 26.5 Å². The lowest BCUT2D eigenvalue weighted by atomic mass is 10.2. The Morgan fingerprint density at radius 1 is 1.41 bits per heavy atom. The number of carbonyl (C=O) groups is 1. The number of benzene rings is 1. The monoisotopic (exact) mass is 303 g/mol. The molecule has 1 amide bonds. The number of methoxy groups -OCH3 is 1. The van der Waals surface area contributed by atoms with E-state index in [0.717, 1.165) is 6.54 Å². The van der Waals surface area contributed by atoms with Crippen molar-refractivity contribution in [3.8, 4) is 5.75 Å². The second kappa shape index (κ2) is 7.61. The fourth-order valence-corrected chi connectivity index (χ4v) is 2.00. The summed E-state index contributed by atoms with van der Waals surface area (Å²) in [5, 5.41) is 6.99. The van der Waals surface area contributed by atoms with Crippen LogP contribution in [-0.4, -0.2) is 35.5 Å². The first-order valence-electron chi connectivity index (χ1n) is 7.22. The highest BCUT2D eigenvalue weighted by Gasteiger charge is 2.10. The van der Waals surface area contributed by atoms with Crippen molar-refractivity contribution in [1.29, 1.82) is 0 Å². The first kappa shape index (κ1) is 16.0. The van der Waals surface area contributed by atoms with E-state index in [4.69, 9.17) is 9.47 Å². The minimum atomic E-state index is -0.216. The minimum Gasteiger partial charge on any atom is -0.488 e. The van der Waals surface area contributed by atoms with Gasteiger partial charge in [-0.3, -0.25) is 9.48 Å². The molecule has 0 aliphatic heterocycles. The molecule has 2 aromatic rings. The number of aryl methyl sites for hydroxylation is 1. The van der Waals surface area contributed by atoms with Gasteiger partial charge < -0.3 is 14.8 Å². The maximum Gasteiger partial charge on any atom is 0.256 e. The highest BCUT2D eigenvalue weighted by molar-refractivity contribution is 6.03. The number of nitrogens with zero attached hydrogens (tertiary/aromatic N) is 2. The summed E-state index contributed by atoms with van der Waals surface area (Å²) in [7, 11) is 1.62. The Kier molecular flexibility index (Phi) is 5.55. The first-order chi connectivity index (χ1) is 10.6. The van der Waals surface area contributed by atoms with Gasteiger partial charge in [0.15, 0.2) is 5.82 Å². The lowest BCUT2D eigenvalue weighted by Crippen LogP contribution is -2.18. The summed E-state index contributed by atoms with van der Waals surface area (Å²) in [5.74, 6) is 0.952. The van der Waals surface area contributed by atoms with Gasteiger partial charge in [0.25, 0.3) is 5.91 Å². The second-order valence-corrected chi connectivity index (χ2v) is 4.92. The molecule has 0 aliphatic rings. The molecule has 0 unspecified atom stereocenters. The molecule has 0 radical (unpaired) electrons. The van der Waals surface area contributed by atoms with E-state index in [0.29, 0.717) is 23.7 Å². The van der Waals surface area contributed by atoms with Gasteiger partial charge in [-0.05, 0) is 32.0 Å². The normalized spacial score (nSPS) is 12.0. The van der Waals surface area contributed by atoms with Crippen LogP contribution in [0.25, 0.3) is 0 Å². The van der Waals surface area contributed by atoms with Crippen LogP contribution < -0.4 is 10.1 Å². The molecule has 0 spiro atoms. The van der Waals surface area contributed by atoms with E-state index in [9.17, 15) is 4.79 Å². The van der Waals surface area contributed by atoms with Crippen molar-refractivity contribution in [2.75, 3.05) is 19.0 Å². The Morgan fingerprint density at radius 2 is 2.23 bits per heavy atom. The van der Waals surface area contributed by atoms with E-state index in [2.05, 4.69) is 10.4 Å². The van der Waals surface area contributed by atoms with Gasteiger partial charge in [0.1, 0.15) is 11.9 Å². The summed E-state index contributed by atoms with van der Waals surface area (Å²) in [6, 6.07) is 8.81. The minimum absolute atomic E-state index is 0.0800. The Bertz CT molecular complexity index is 625. The zero-order chi connectivity index (χ0) is 15.9. The van der Waals surface area contributed by atoms with Crippen molar-refractivity contribution < 1.29 is 14.3 Å². The van der Waals surface area contributed by atoms with Crippen molar-refractivity contribution >= 4 is 11.7 Å². The Labute approximate surface area is 130 Å². The molecule has 0 bridgehead atoms. The molecule has 1 N–H and O–H groups in total. The smallest absolute Gasteiger partial charge is 0.256 e. The van der Waals surface area contributed by atoms with Crippen LogP contribution in [0.1, 0.15) is 24.2 Å². The summed E-state index contributed by atoms with van der Waals surface area (Å²) < 4.78 is 12.5. The molecule has 118 valence electrons. The van der Waals surface area contributed by atoms with Crippen LogP contribution in [0.5, 0.6) is 5.75 Å². The van der Waals surface area contributed by atoms with Crippen molar-refractivity contribution in [2.24, 2.45) is 0 Å². The largest absolute Gasteiger partial charge is 0.488 e. The average Bonchev–Trinajstić information content (AvgIpc) is 2.95. The Morgan fingerprint density at radius 3 is 2.91 bits per heavy atom. The fraction of sp³-hybridized carbons (Fsp3) is 0.375. The number of rotatable bonds is 7. The van der Waals surface area contributed by atoms with E-state index in [-0.39, 0.29) is 12.0 Å². The third-order valence-electron chi connectivity index (χ3n) is 3.04. The predicted molar refractivity (Wildman–Crippen MR) is 84.3 cm³/mol. The Hall–Kier alpha value is -2.34. The standard InChI is InChI=1S/C16H21N3O3/c1-4-19-9-8-15(18-19)17-16(20)13-6-5-7-14(10-13)22-12(2)11-21-3/h5-10,12H,4,11H2,1-3H3,(H,17,18,20)/t12-/m0/s1. The molecule has 0 saturated heterocycles. The van der Waals surface area contributed by atoms with Gasteiger partial charge in [-0.15, -0.1) is 0 Å². The number of aromatic nitrogens is 2. The molecule has 0 saturated carbocycles. The van der Waals surface area contributed by atoms with E-state index in [1.807, 2.05) is 26.1 Å². The number of amides is 1. The molecule has 22 heavy (non-hydrogen) atoms.